The van der Waals surface area contributed by atoms with Crippen LogP contribution >= 0.6 is 0 Å². The van der Waals surface area contributed by atoms with E-state index in [0.717, 1.165) is 0 Å². The monoisotopic (exact) mass is 231 g/mol. The van der Waals surface area contributed by atoms with Crippen molar-refractivity contribution in [1.29, 1.82) is 0 Å². The number of para-hydroxylation sites is 1. The number of anilines is 1. The summed E-state index contributed by atoms with van der Waals surface area (Å²) >= 11 is 0. The zero-order chi connectivity index (χ0) is 12.4. The van der Waals surface area contributed by atoms with Crippen LogP contribution < -0.4 is 4.90 Å². The quantitative estimate of drug-likeness (QED) is 0.726. The Kier molecular flexibility index (Phi) is 3.04. The Bertz CT molecular complexity index is 493. The Morgan fingerprint density at radius 2 is 2.00 bits per heavy atom. The summed E-state index contributed by atoms with van der Waals surface area (Å²) < 4.78 is 0. The fraction of sp³-hybridized carbons (Fsp3) is 0.308. The second-order valence-electron chi connectivity index (χ2n) is 4.11. The third kappa shape index (κ3) is 2.25. The highest BCUT2D eigenvalue weighted by atomic mass is 16.2. The van der Waals surface area contributed by atoms with E-state index in [-0.39, 0.29) is 23.9 Å². The van der Waals surface area contributed by atoms with Gasteiger partial charge in [-0.05, 0) is 19.1 Å². The molecule has 1 aromatic rings. The first-order chi connectivity index (χ1) is 8.09. The smallest absolute Gasteiger partial charge is 0.234 e. The molecule has 1 heterocycles. The van der Waals surface area contributed by atoms with Gasteiger partial charge in [0, 0.05) is 18.5 Å². The molecule has 0 spiro atoms. The van der Waals surface area contributed by atoms with E-state index < -0.39 is 0 Å². The van der Waals surface area contributed by atoms with Crippen LogP contribution in [0.2, 0.25) is 0 Å². The Morgan fingerprint density at radius 3 is 2.71 bits per heavy atom. The molecule has 0 fully saturated rings. The third-order valence-corrected chi connectivity index (χ3v) is 2.76. The molecule has 2 rings (SSSR count). The molecule has 0 saturated heterocycles. The minimum Gasteiger partial charge on any atom is -0.311 e. The molecule has 1 aromatic carbocycles. The summed E-state index contributed by atoms with van der Waals surface area (Å²) in [6.45, 7) is 1.75. The fourth-order valence-electron chi connectivity index (χ4n) is 1.98. The highest BCUT2D eigenvalue weighted by Gasteiger charge is 2.26. The first-order valence-corrected chi connectivity index (χ1v) is 5.51. The molecule has 0 atom stereocenters. The molecular formula is C13H13NO3. The van der Waals surface area contributed by atoms with Crippen LogP contribution in [0.4, 0.5) is 5.69 Å². The summed E-state index contributed by atoms with van der Waals surface area (Å²) in [5, 5.41) is 0. The molecule has 0 bridgehead atoms. The van der Waals surface area contributed by atoms with Crippen LogP contribution in [-0.2, 0) is 9.59 Å². The first kappa shape index (κ1) is 11.5. The van der Waals surface area contributed by atoms with Gasteiger partial charge in [0.25, 0.3) is 0 Å². The lowest BCUT2D eigenvalue weighted by Crippen LogP contribution is -2.38. The summed E-state index contributed by atoms with van der Waals surface area (Å²) in [5.41, 5.74) is 1.19. The molecule has 4 heteroatoms. The second kappa shape index (κ2) is 4.49. The van der Waals surface area contributed by atoms with Gasteiger partial charge >= 0.3 is 0 Å². The normalized spacial score (nSPS) is 14.4. The summed E-state index contributed by atoms with van der Waals surface area (Å²) in [7, 11) is 0. The number of Topliss-reactive ketones (excluding diaryl/α,β-unsaturated/α-hetero) is 2. The molecule has 0 N–H and O–H groups in total. The standard InChI is InChI=1S/C13H13NO3/c1-9(15)8-13(17)14-7-6-12(16)10-4-2-3-5-11(10)14/h2-5H,6-8H2,1H3. The van der Waals surface area contributed by atoms with Gasteiger partial charge in [-0.15, -0.1) is 0 Å². The number of nitrogens with zero attached hydrogens (tertiary/aromatic N) is 1. The van der Waals surface area contributed by atoms with Crippen molar-refractivity contribution >= 4 is 23.2 Å². The van der Waals surface area contributed by atoms with Crippen LogP contribution in [0.25, 0.3) is 0 Å². The lowest BCUT2D eigenvalue weighted by Gasteiger charge is -2.28. The number of hydrogen-bond donors (Lipinski definition) is 0. The lowest BCUT2D eigenvalue weighted by molar-refractivity contribution is -0.125. The van der Waals surface area contributed by atoms with Gasteiger partial charge in [-0.1, -0.05) is 12.1 Å². The summed E-state index contributed by atoms with van der Waals surface area (Å²) in [6.07, 6.45) is 0.211. The molecule has 0 aromatic heterocycles. The first-order valence-electron chi connectivity index (χ1n) is 5.51. The second-order valence-corrected chi connectivity index (χ2v) is 4.11. The molecular weight excluding hydrogens is 218 g/mol. The van der Waals surface area contributed by atoms with Crippen LogP contribution in [0.1, 0.15) is 30.1 Å². The summed E-state index contributed by atoms with van der Waals surface area (Å²) in [4.78, 5) is 36.0. The van der Waals surface area contributed by atoms with Crippen LogP contribution in [0.15, 0.2) is 24.3 Å². The van der Waals surface area contributed by atoms with E-state index in [1.165, 1.54) is 11.8 Å². The molecule has 0 aliphatic carbocycles. The molecule has 1 amide bonds. The van der Waals surface area contributed by atoms with Crippen LogP contribution in [0.5, 0.6) is 0 Å². The maximum absolute atomic E-state index is 11.9. The number of fused-ring (bicyclic) bond motifs is 1. The zero-order valence-corrected chi connectivity index (χ0v) is 9.60. The van der Waals surface area contributed by atoms with Gasteiger partial charge in [0.1, 0.15) is 5.78 Å². The Hall–Kier alpha value is -1.97. The molecule has 1 aliphatic heterocycles. The largest absolute Gasteiger partial charge is 0.311 e. The maximum Gasteiger partial charge on any atom is 0.234 e. The van der Waals surface area contributed by atoms with E-state index in [4.69, 9.17) is 0 Å². The molecule has 17 heavy (non-hydrogen) atoms. The molecule has 0 unspecified atom stereocenters. The average molecular weight is 231 g/mol. The number of ketones is 2. The van der Waals surface area contributed by atoms with Crippen molar-refractivity contribution in [2.75, 3.05) is 11.4 Å². The highest BCUT2D eigenvalue weighted by Crippen LogP contribution is 2.27. The van der Waals surface area contributed by atoms with Crippen LogP contribution in [0.3, 0.4) is 0 Å². The van der Waals surface area contributed by atoms with Gasteiger partial charge in [-0.2, -0.15) is 0 Å². The number of hydrogen-bond acceptors (Lipinski definition) is 3. The van der Waals surface area contributed by atoms with Gasteiger partial charge in [0.05, 0.1) is 12.1 Å². The zero-order valence-electron chi connectivity index (χ0n) is 9.60. The Morgan fingerprint density at radius 1 is 1.29 bits per heavy atom. The van der Waals surface area contributed by atoms with Crippen molar-refractivity contribution in [2.24, 2.45) is 0 Å². The maximum atomic E-state index is 11.9. The van der Waals surface area contributed by atoms with Gasteiger partial charge in [0.2, 0.25) is 5.91 Å². The number of rotatable bonds is 2. The van der Waals surface area contributed by atoms with E-state index in [9.17, 15) is 14.4 Å². The molecule has 1 aliphatic rings. The SMILES string of the molecule is CC(=O)CC(=O)N1CCC(=O)c2ccccc21. The average Bonchev–Trinajstić information content (AvgIpc) is 2.29. The predicted octanol–water partition coefficient (Wildman–Crippen LogP) is 1.59. The summed E-state index contributed by atoms with van der Waals surface area (Å²) in [5.74, 6) is -0.352. The van der Waals surface area contributed by atoms with Crippen molar-refractivity contribution in [3.8, 4) is 0 Å². The number of carbonyl (C=O) groups excluding carboxylic acids is 3. The van der Waals surface area contributed by atoms with Crippen molar-refractivity contribution in [3.05, 3.63) is 29.8 Å². The van der Waals surface area contributed by atoms with Crippen molar-refractivity contribution in [3.63, 3.8) is 0 Å². The van der Waals surface area contributed by atoms with Gasteiger partial charge in [0.15, 0.2) is 5.78 Å². The number of benzene rings is 1. The lowest BCUT2D eigenvalue weighted by atomic mass is 10.00. The predicted molar refractivity (Wildman–Crippen MR) is 63.0 cm³/mol. The third-order valence-electron chi connectivity index (χ3n) is 2.76. The van der Waals surface area contributed by atoms with E-state index >= 15 is 0 Å². The topological polar surface area (TPSA) is 54.5 Å². The highest BCUT2D eigenvalue weighted by molar-refractivity contribution is 6.11. The molecule has 0 saturated carbocycles. The van der Waals surface area contributed by atoms with Crippen molar-refractivity contribution < 1.29 is 14.4 Å². The van der Waals surface area contributed by atoms with E-state index in [0.29, 0.717) is 24.2 Å². The van der Waals surface area contributed by atoms with Gasteiger partial charge in [-0.3, -0.25) is 14.4 Å². The Balaban J connectivity index is 2.33. The van der Waals surface area contributed by atoms with E-state index in [1.54, 1.807) is 24.3 Å². The number of carbonyl (C=O) groups is 3. The minimum atomic E-state index is -0.238. The minimum absolute atomic E-state index is 0.0486. The van der Waals surface area contributed by atoms with Crippen LogP contribution in [0, 0.1) is 0 Å². The fourth-order valence-corrected chi connectivity index (χ4v) is 1.98. The van der Waals surface area contributed by atoms with Crippen LogP contribution in [-0.4, -0.2) is 24.0 Å². The van der Waals surface area contributed by atoms with Gasteiger partial charge in [-0.25, -0.2) is 0 Å². The molecule has 88 valence electrons. The molecule has 4 nitrogen and oxygen atoms in total. The summed E-state index contributed by atoms with van der Waals surface area (Å²) in [6, 6.07) is 7.01. The van der Waals surface area contributed by atoms with E-state index in [1.807, 2.05) is 0 Å². The number of amides is 1. The van der Waals surface area contributed by atoms with Crippen molar-refractivity contribution in [2.45, 2.75) is 19.8 Å². The molecule has 0 radical (unpaired) electrons. The van der Waals surface area contributed by atoms with E-state index in [2.05, 4.69) is 0 Å². The Labute approximate surface area is 99.2 Å². The van der Waals surface area contributed by atoms with Crippen molar-refractivity contribution in [1.82, 2.24) is 0 Å². The van der Waals surface area contributed by atoms with Gasteiger partial charge < -0.3 is 4.90 Å².